The molecule has 0 saturated heterocycles. The lowest BCUT2D eigenvalue weighted by atomic mass is 10.2. The van der Waals surface area contributed by atoms with Crippen molar-refractivity contribution in [3.8, 4) is 11.8 Å². The first-order chi connectivity index (χ1) is 11.1. The standard InChI is InChI=1S/C17H15ClN2O2S/c1-22-15-4-2-3-5-16(15)23-9-8-17(21)20-13-7-6-12(11-19)14(18)10-13/h2-7,10H,8-9H2,1H3,(H,20,21). The Kier molecular flexibility index (Phi) is 6.33. The summed E-state index contributed by atoms with van der Waals surface area (Å²) in [5, 5.41) is 11.9. The number of halogens is 1. The number of carbonyl (C=O) groups is 1. The van der Waals surface area contributed by atoms with Gasteiger partial charge in [-0.1, -0.05) is 23.7 Å². The average molecular weight is 347 g/mol. The summed E-state index contributed by atoms with van der Waals surface area (Å²) in [5.41, 5.74) is 0.970. The molecule has 0 atom stereocenters. The second-order valence-corrected chi connectivity index (χ2v) is 6.15. The predicted octanol–water partition coefficient (Wildman–Crippen LogP) is 4.34. The molecule has 23 heavy (non-hydrogen) atoms. The first kappa shape index (κ1) is 17.2. The highest BCUT2D eigenvalue weighted by Gasteiger charge is 2.07. The number of hydrogen-bond acceptors (Lipinski definition) is 4. The summed E-state index contributed by atoms with van der Waals surface area (Å²) in [7, 11) is 1.63. The number of nitrogens with zero attached hydrogens (tertiary/aromatic N) is 1. The van der Waals surface area contributed by atoms with E-state index < -0.39 is 0 Å². The molecule has 0 aliphatic carbocycles. The number of para-hydroxylation sites is 1. The summed E-state index contributed by atoms with van der Waals surface area (Å²) in [6.45, 7) is 0. The number of benzene rings is 2. The Hall–Kier alpha value is -2.16. The summed E-state index contributed by atoms with van der Waals surface area (Å²) < 4.78 is 5.27. The maximum Gasteiger partial charge on any atom is 0.225 e. The van der Waals surface area contributed by atoms with Crippen molar-refractivity contribution in [3.05, 3.63) is 53.1 Å². The third-order valence-electron chi connectivity index (χ3n) is 3.03. The molecule has 0 unspecified atom stereocenters. The Labute approximate surface area is 144 Å². The van der Waals surface area contributed by atoms with Gasteiger partial charge in [-0.25, -0.2) is 0 Å². The van der Waals surface area contributed by atoms with Gasteiger partial charge in [-0.3, -0.25) is 4.79 Å². The van der Waals surface area contributed by atoms with E-state index in [4.69, 9.17) is 21.6 Å². The van der Waals surface area contributed by atoms with Crippen LogP contribution in [0.15, 0.2) is 47.4 Å². The van der Waals surface area contributed by atoms with Crippen LogP contribution in [0.3, 0.4) is 0 Å². The molecule has 6 heteroatoms. The van der Waals surface area contributed by atoms with Crippen LogP contribution in [-0.4, -0.2) is 18.8 Å². The Morgan fingerprint density at radius 1 is 1.35 bits per heavy atom. The third kappa shape index (κ3) is 4.92. The summed E-state index contributed by atoms with van der Waals surface area (Å²) in [6.07, 6.45) is 0.361. The minimum atomic E-state index is -0.104. The van der Waals surface area contributed by atoms with Gasteiger partial charge >= 0.3 is 0 Å². The first-order valence-electron chi connectivity index (χ1n) is 6.89. The Morgan fingerprint density at radius 3 is 2.83 bits per heavy atom. The fraction of sp³-hybridized carbons (Fsp3) is 0.176. The molecule has 2 aromatic rings. The molecule has 2 aromatic carbocycles. The zero-order valence-electron chi connectivity index (χ0n) is 12.5. The summed E-state index contributed by atoms with van der Waals surface area (Å²) in [5.74, 6) is 1.33. The van der Waals surface area contributed by atoms with Crippen LogP contribution in [-0.2, 0) is 4.79 Å². The van der Waals surface area contributed by atoms with Gasteiger partial charge in [0, 0.05) is 22.8 Å². The molecule has 2 rings (SSSR count). The van der Waals surface area contributed by atoms with Gasteiger partial charge < -0.3 is 10.1 Å². The number of ether oxygens (including phenoxy) is 1. The van der Waals surface area contributed by atoms with E-state index in [0.29, 0.717) is 28.4 Å². The van der Waals surface area contributed by atoms with E-state index in [1.165, 1.54) is 0 Å². The van der Waals surface area contributed by atoms with Crippen LogP contribution in [0.5, 0.6) is 5.75 Å². The number of hydrogen-bond donors (Lipinski definition) is 1. The molecule has 0 aromatic heterocycles. The second kappa shape index (κ2) is 8.47. The quantitative estimate of drug-likeness (QED) is 0.790. The maximum absolute atomic E-state index is 12.0. The van der Waals surface area contributed by atoms with E-state index in [1.807, 2.05) is 30.3 Å². The molecule has 0 fully saturated rings. The van der Waals surface area contributed by atoms with Crippen LogP contribution in [0.4, 0.5) is 5.69 Å². The molecule has 0 radical (unpaired) electrons. The number of thioether (sulfide) groups is 1. The lowest BCUT2D eigenvalue weighted by Crippen LogP contribution is -2.12. The molecular formula is C17H15ClN2O2S. The molecule has 0 aliphatic heterocycles. The third-order valence-corrected chi connectivity index (χ3v) is 4.40. The number of nitrogens with one attached hydrogen (secondary N) is 1. The van der Waals surface area contributed by atoms with Crippen LogP contribution in [0.1, 0.15) is 12.0 Å². The van der Waals surface area contributed by atoms with Gasteiger partial charge in [-0.2, -0.15) is 5.26 Å². The Bertz CT molecular complexity index is 744. The molecule has 0 spiro atoms. The topological polar surface area (TPSA) is 62.1 Å². The zero-order chi connectivity index (χ0) is 16.7. The summed E-state index contributed by atoms with van der Waals surface area (Å²) >= 11 is 7.50. The molecule has 118 valence electrons. The van der Waals surface area contributed by atoms with Gasteiger partial charge in [-0.15, -0.1) is 11.8 Å². The van der Waals surface area contributed by atoms with E-state index in [0.717, 1.165) is 10.6 Å². The number of nitriles is 1. The molecule has 1 amide bonds. The minimum absolute atomic E-state index is 0.104. The number of rotatable bonds is 6. The molecule has 4 nitrogen and oxygen atoms in total. The maximum atomic E-state index is 12.0. The van der Waals surface area contributed by atoms with Crippen LogP contribution >= 0.6 is 23.4 Å². The largest absolute Gasteiger partial charge is 0.496 e. The highest BCUT2D eigenvalue weighted by Crippen LogP contribution is 2.29. The van der Waals surface area contributed by atoms with Crippen molar-refractivity contribution in [2.75, 3.05) is 18.2 Å². The van der Waals surface area contributed by atoms with Crippen molar-refractivity contribution >= 4 is 35.0 Å². The predicted molar refractivity (Wildman–Crippen MR) is 93.1 cm³/mol. The molecule has 0 aliphatic rings. The fourth-order valence-electron chi connectivity index (χ4n) is 1.90. The van der Waals surface area contributed by atoms with Crippen molar-refractivity contribution in [3.63, 3.8) is 0 Å². The normalized spacial score (nSPS) is 9.96. The first-order valence-corrected chi connectivity index (χ1v) is 8.25. The van der Waals surface area contributed by atoms with Crippen molar-refractivity contribution in [2.45, 2.75) is 11.3 Å². The van der Waals surface area contributed by atoms with Crippen LogP contribution < -0.4 is 10.1 Å². The Balaban J connectivity index is 1.86. The van der Waals surface area contributed by atoms with Gasteiger partial charge in [0.25, 0.3) is 0 Å². The van der Waals surface area contributed by atoms with Gasteiger partial charge in [-0.05, 0) is 30.3 Å². The lowest BCUT2D eigenvalue weighted by Gasteiger charge is -2.08. The smallest absolute Gasteiger partial charge is 0.225 e. The number of methoxy groups -OCH3 is 1. The van der Waals surface area contributed by atoms with E-state index in [-0.39, 0.29) is 5.91 Å². The summed E-state index contributed by atoms with van der Waals surface area (Å²) in [6, 6.07) is 14.5. The summed E-state index contributed by atoms with van der Waals surface area (Å²) in [4.78, 5) is 13.0. The highest BCUT2D eigenvalue weighted by atomic mass is 35.5. The monoisotopic (exact) mass is 346 g/mol. The van der Waals surface area contributed by atoms with E-state index in [2.05, 4.69) is 5.32 Å². The molecule has 0 bridgehead atoms. The molecule has 0 saturated carbocycles. The molecule has 1 N–H and O–H groups in total. The zero-order valence-corrected chi connectivity index (χ0v) is 14.1. The van der Waals surface area contributed by atoms with Crippen LogP contribution in [0.2, 0.25) is 5.02 Å². The second-order valence-electron chi connectivity index (χ2n) is 4.60. The van der Waals surface area contributed by atoms with Gasteiger partial charge in [0.1, 0.15) is 11.8 Å². The minimum Gasteiger partial charge on any atom is -0.496 e. The fourth-order valence-corrected chi connectivity index (χ4v) is 3.10. The van der Waals surface area contributed by atoms with Crippen LogP contribution in [0, 0.1) is 11.3 Å². The van der Waals surface area contributed by atoms with Crippen molar-refractivity contribution in [1.29, 1.82) is 5.26 Å². The SMILES string of the molecule is COc1ccccc1SCCC(=O)Nc1ccc(C#N)c(Cl)c1. The molecular weight excluding hydrogens is 332 g/mol. The van der Waals surface area contributed by atoms with Crippen molar-refractivity contribution in [2.24, 2.45) is 0 Å². The number of anilines is 1. The van der Waals surface area contributed by atoms with Gasteiger partial charge in [0.05, 0.1) is 17.7 Å². The van der Waals surface area contributed by atoms with E-state index >= 15 is 0 Å². The van der Waals surface area contributed by atoms with Gasteiger partial charge in [0.2, 0.25) is 5.91 Å². The van der Waals surface area contributed by atoms with Crippen LogP contribution in [0.25, 0.3) is 0 Å². The van der Waals surface area contributed by atoms with Crippen molar-refractivity contribution in [1.82, 2.24) is 0 Å². The number of amides is 1. The highest BCUT2D eigenvalue weighted by molar-refractivity contribution is 7.99. The lowest BCUT2D eigenvalue weighted by molar-refractivity contribution is -0.115. The Morgan fingerprint density at radius 2 is 2.13 bits per heavy atom. The number of carbonyl (C=O) groups excluding carboxylic acids is 1. The van der Waals surface area contributed by atoms with E-state index in [1.54, 1.807) is 37.1 Å². The van der Waals surface area contributed by atoms with Gasteiger partial charge in [0.15, 0.2) is 0 Å². The van der Waals surface area contributed by atoms with Crippen molar-refractivity contribution < 1.29 is 9.53 Å². The molecule has 0 heterocycles. The average Bonchev–Trinajstić information content (AvgIpc) is 2.55. The van der Waals surface area contributed by atoms with E-state index in [9.17, 15) is 4.79 Å².